The van der Waals surface area contributed by atoms with Gasteiger partial charge in [0.15, 0.2) is 0 Å². The fourth-order valence-electron chi connectivity index (χ4n) is 2.12. The highest BCUT2D eigenvalue weighted by molar-refractivity contribution is 5.90. The smallest absolute Gasteiger partial charge is 0.389 e. The number of hydrogen-bond acceptors (Lipinski definition) is 2. The largest absolute Gasteiger partial charge is 0.478 e. The van der Waals surface area contributed by atoms with E-state index >= 15 is 0 Å². The van der Waals surface area contributed by atoms with Crippen molar-refractivity contribution in [2.45, 2.75) is 45.8 Å². The number of alkyl halides is 3. The summed E-state index contributed by atoms with van der Waals surface area (Å²) in [5, 5.41) is 9.08. The molecule has 0 bridgehead atoms. The predicted octanol–water partition coefficient (Wildman–Crippen LogP) is 2.90. The van der Waals surface area contributed by atoms with Gasteiger partial charge in [-0.3, -0.25) is 4.79 Å². The van der Waals surface area contributed by atoms with E-state index in [-0.39, 0.29) is 30.6 Å². The lowest BCUT2D eigenvalue weighted by Gasteiger charge is -2.14. The number of aromatic nitrogens is 1. The van der Waals surface area contributed by atoms with Crippen molar-refractivity contribution in [1.82, 2.24) is 4.57 Å². The molecule has 0 aliphatic rings. The average Bonchev–Trinajstić information content (AvgIpc) is 2.24. The first kappa shape index (κ1) is 16.3. The molecule has 0 aromatic carbocycles. The predicted molar refractivity (Wildman–Crippen MR) is 67.0 cm³/mol. The number of pyridine rings is 1. The molecule has 4 nitrogen and oxygen atoms in total. The molecular weight excluding hydrogens is 275 g/mol. The van der Waals surface area contributed by atoms with Crippen LogP contribution in [-0.2, 0) is 6.54 Å². The van der Waals surface area contributed by atoms with Gasteiger partial charge in [-0.05, 0) is 32.3 Å². The van der Waals surface area contributed by atoms with Crippen LogP contribution in [0.2, 0.25) is 0 Å². The van der Waals surface area contributed by atoms with Crippen LogP contribution in [0.15, 0.2) is 10.9 Å². The number of aryl methyl sites for hydroxylation is 1. The number of carboxylic acids is 1. The Hall–Kier alpha value is -1.79. The van der Waals surface area contributed by atoms with Gasteiger partial charge in [0.2, 0.25) is 0 Å². The zero-order valence-corrected chi connectivity index (χ0v) is 11.3. The first-order valence-electron chi connectivity index (χ1n) is 6.14. The second-order valence-electron chi connectivity index (χ2n) is 4.66. The molecule has 0 aliphatic carbocycles. The lowest BCUT2D eigenvalue weighted by atomic mass is 10.1. The SMILES string of the molecule is Cc1cc(=O)n(CCCCC(F)(F)F)c(C)c1C(=O)O. The normalized spacial score (nSPS) is 11.7. The zero-order valence-electron chi connectivity index (χ0n) is 11.3. The fraction of sp³-hybridized carbons (Fsp3) is 0.538. The maximum atomic E-state index is 12.0. The minimum absolute atomic E-state index is 0.0282. The number of carbonyl (C=O) groups is 1. The quantitative estimate of drug-likeness (QED) is 0.849. The molecule has 0 radical (unpaired) electrons. The Kier molecular flexibility index (Phi) is 4.97. The Labute approximate surface area is 113 Å². The standard InChI is InChI=1S/C13H16F3NO3/c1-8-7-10(18)17(9(2)11(8)12(19)20)6-4-3-5-13(14,15)16/h7H,3-6H2,1-2H3,(H,19,20). The molecule has 20 heavy (non-hydrogen) atoms. The van der Waals surface area contributed by atoms with Crippen LogP contribution in [-0.4, -0.2) is 21.8 Å². The molecule has 0 saturated heterocycles. The number of hydrogen-bond donors (Lipinski definition) is 1. The molecular formula is C13H16F3NO3. The van der Waals surface area contributed by atoms with Crippen molar-refractivity contribution in [3.8, 4) is 0 Å². The van der Waals surface area contributed by atoms with Crippen molar-refractivity contribution < 1.29 is 23.1 Å². The lowest BCUT2D eigenvalue weighted by Crippen LogP contribution is -2.25. The van der Waals surface area contributed by atoms with E-state index in [1.54, 1.807) is 0 Å². The Morgan fingerprint density at radius 1 is 1.30 bits per heavy atom. The van der Waals surface area contributed by atoms with E-state index in [1.165, 1.54) is 24.5 Å². The van der Waals surface area contributed by atoms with Gasteiger partial charge in [0.1, 0.15) is 0 Å². The number of aromatic carboxylic acids is 1. The summed E-state index contributed by atoms with van der Waals surface area (Å²) in [5.74, 6) is -1.15. The summed E-state index contributed by atoms with van der Waals surface area (Å²) in [5.41, 5.74) is 0.262. The van der Waals surface area contributed by atoms with Gasteiger partial charge >= 0.3 is 12.1 Å². The third-order valence-corrected chi connectivity index (χ3v) is 3.07. The second-order valence-corrected chi connectivity index (χ2v) is 4.66. The highest BCUT2D eigenvalue weighted by Gasteiger charge is 2.26. The van der Waals surface area contributed by atoms with Gasteiger partial charge in [0, 0.05) is 24.7 Å². The van der Waals surface area contributed by atoms with Crippen molar-refractivity contribution in [3.63, 3.8) is 0 Å². The molecule has 0 aliphatic heterocycles. The van der Waals surface area contributed by atoms with E-state index < -0.39 is 24.1 Å². The molecule has 1 aromatic rings. The first-order valence-corrected chi connectivity index (χ1v) is 6.14. The minimum Gasteiger partial charge on any atom is -0.478 e. The molecule has 112 valence electrons. The van der Waals surface area contributed by atoms with E-state index in [4.69, 9.17) is 5.11 Å². The van der Waals surface area contributed by atoms with Gasteiger partial charge in [-0.15, -0.1) is 0 Å². The molecule has 0 unspecified atom stereocenters. The van der Waals surface area contributed by atoms with Gasteiger partial charge in [0.05, 0.1) is 5.56 Å². The third kappa shape index (κ3) is 4.11. The van der Waals surface area contributed by atoms with Crippen molar-refractivity contribution in [2.24, 2.45) is 0 Å². The van der Waals surface area contributed by atoms with Gasteiger partial charge in [-0.2, -0.15) is 13.2 Å². The van der Waals surface area contributed by atoms with Crippen molar-refractivity contribution in [1.29, 1.82) is 0 Å². The van der Waals surface area contributed by atoms with Crippen LogP contribution in [0.5, 0.6) is 0 Å². The Morgan fingerprint density at radius 2 is 1.90 bits per heavy atom. The number of halogens is 3. The summed E-state index contributed by atoms with van der Waals surface area (Å²) < 4.78 is 37.3. The highest BCUT2D eigenvalue weighted by atomic mass is 19.4. The van der Waals surface area contributed by atoms with Crippen LogP contribution in [0.3, 0.4) is 0 Å². The van der Waals surface area contributed by atoms with Crippen LogP contribution in [0.1, 0.15) is 40.9 Å². The van der Waals surface area contributed by atoms with E-state index in [0.717, 1.165) is 0 Å². The van der Waals surface area contributed by atoms with Crippen LogP contribution in [0.25, 0.3) is 0 Å². The van der Waals surface area contributed by atoms with E-state index in [0.29, 0.717) is 5.56 Å². The van der Waals surface area contributed by atoms with Gasteiger partial charge in [-0.25, -0.2) is 4.79 Å². The molecule has 0 amide bonds. The first-order chi connectivity index (χ1) is 9.13. The molecule has 1 rings (SSSR count). The fourth-order valence-corrected chi connectivity index (χ4v) is 2.12. The second kappa shape index (κ2) is 6.11. The molecule has 7 heteroatoms. The highest BCUT2D eigenvalue weighted by Crippen LogP contribution is 2.22. The number of unbranched alkanes of at least 4 members (excludes halogenated alkanes) is 1. The summed E-state index contributed by atoms with van der Waals surface area (Å²) in [4.78, 5) is 22.9. The zero-order chi connectivity index (χ0) is 15.5. The summed E-state index contributed by atoms with van der Waals surface area (Å²) in [7, 11) is 0. The van der Waals surface area contributed by atoms with Gasteiger partial charge < -0.3 is 9.67 Å². The summed E-state index contributed by atoms with van der Waals surface area (Å²) in [6.07, 6.45) is -5.04. The van der Waals surface area contributed by atoms with Gasteiger partial charge in [0.25, 0.3) is 5.56 Å². The number of carboxylic acid groups (broad SMARTS) is 1. The van der Waals surface area contributed by atoms with Crippen molar-refractivity contribution in [3.05, 3.63) is 33.2 Å². The summed E-state index contributed by atoms with van der Waals surface area (Å²) >= 11 is 0. The third-order valence-electron chi connectivity index (χ3n) is 3.07. The molecule has 1 aromatic heterocycles. The molecule has 1 N–H and O–H groups in total. The number of rotatable bonds is 5. The average molecular weight is 291 g/mol. The van der Waals surface area contributed by atoms with E-state index in [9.17, 15) is 22.8 Å². The van der Waals surface area contributed by atoms with Crippen LogP contribution >= 0.6 is 0 Å². The summed E-state index contributed by atoms with van der Waals surface area (Å²) in [6, 6.07) is 1.19. The Morgan fingerprint density at radius 3 is 2.40 bits per heavy atom. The Bertz CT molecular complexity index is 561. The van der Waals surface area contributed by atoms with E-state index in [1.807, 2.05) is 0 Å². The van der Waals surface area contributed by atoms with E-state index in [2.05, 4.69) is 0 Å². The van der Waals surface area contributed by atoms with Gasteiger partial charge in [-0.1, -0.05) is 0 Å². The molecule has 0 spiro atoms. The van der Waals surface area contributed by atoms with Crippen LogP contribution in [0, 0.1) is 13.8 Å². The minimum atomic E-state index is -4.21. The van der Waals surface area contributed by atoms with Crippen LogP contribution in [0.4, 0.5) is 13.2 Å². The monoisotopic (exact) mass is 291 g/mol. The molecule has 0 atom stereocenters. The van der Waals surface area contributed by atoms with Crippen molar-refractivity contribution in [2.75, 3.05) is 0 Å². The topological polar surface area (TPSA) is 59.3 Å². The Balaban J connectivity index is 2.88. The number of nitrogens with zero attached hydrogens (tertiary/aromatic N) is 1. The molecule has 0 fully saturated rings. The molecule has 1 heterocycles. The van der Waals surface area contributed by atoms with Crippen molar-refractivity contribution >= 4 is 5.97 Å². The lowest BCUT2D eigenvalue weighted by molar-refractivity contribution is -0.135. The van der Waals surface area contributed by atoms with Crippen LogP contribution < -0.4 is 5.56 Å². The maximum absolute atomic E-state index is 12.0. The summed E-state index contributed by atoms with van der Waals surface area (Å²) in [6.45, 7) is 3.09. The maximum Gasteiger partial charge on any atom is 0.389 e. The molecule has 0 saturated carbocycles.